The van der Waals surface area contributed by atoms with Crippen molar-refractivity contribution in [3.63, 3.8) is 0 Å². The molecule has 1 aliphatic heterocycles. The molecule has 4 rings (SSSR count). The third-order valence-electron chi connectivity index (χ3n) is 4.31. The van der Waals surface area contributed by atoms with Gasteiger partial charge in [0.15, 0.2) is 5.60 Å². The molecule has 0 saturated carbocycles. The van der Waals surface area contributed by atoms with Gasteiger partial charge in [-0.3, -0.25) is 0 Å². The van der Waals surface area contributed by atoms with Crippen molar-refractivity contribution >= 4 is 5.97 Å². The van der Waals surface area contributed by atoms with Gasteiger partial charge in [0.25, 0.3) is 0 Å². The average Bonchev–Trinajstić information content (AvgIpc) is 2.92. The minimum absolute atomic E-state index is 0.0152. The van der Waals surface area contributed by atoms with Gasteiger partial charge in [0.1, 0.15) is 11.5 Å². The lowest BCUT2D eigenvalue weighted by Gasteiger charge is -2.30. The highest BCUT2D eigenvalue weighted by molar-refractivity contribution is 5.96. The van der Waals surface area contributed by atoms with Crippen LogP contribution in [-0.4, -0.2) is 16.2 Å². The van der Waals surface area contributed by atoms with E-state index in [1.807, 2.05) is 36.4 Å². The first kappa shape index (κ1) is 14.3. The summed E-state index contributed by atoms with van der Waals surface area (Å²) in [6.45, 7) is 0. The maximum Gasteiger partial charge on any atom is 0.340 e. The Labute approximate surface area is 138 Å². The number of aromatic hydroxyl groups is 2. The zero-order chi connectivity index (χ0) is 16.7. The third kappa shape index (κ3) is 1.90. The fourth-order valence-corrected chi connectivity index (χ4v) is 3.27. The lowest BCUT2D eigenvalue weighted by Crippen LogP contribution is -2.29. The quantitative estimate of drug-likeness (QED) is 0.560. The molecule has 1 atom stereocenters. The second-order valence-electron chi connectivity index (χ2n) is 5.68. The molecule has 118 valence electrons. The van der Waals surface area contributed by atoms with Crippen LogP contribution in [0.5, 0.6) is 11.5 Å². The topological polar surface area (TPSA) is 66.8 Å². The van der Waals surface area contributed by atoms with E-state index < -0.39 is 11.6 Å². The number of hydrogen-bond acceptors (Lipinski definition) is 4. The van der Waals surface area contributed by atoms with Gasteiger partial charge in [-0.15, -0.1) is 0 Å². The molecule has 0 bridgehead atoms. The lowest BCUT2D eigenvalue weighted by atomic mass is 9.79. The number of cyclic esters (lactones) is 1. The molecule has 0 fully saturated rings. The Morgan fingerprint density at radius 3 is 2.29 bits per heavy atom. The fourth-order valence-electron chi connectivity index (χ4n) is 3.27. The van der Waals surface area contributed by atoms with Crippen molar-refractivity contribution in [3.05, 3.63) is 95.1 Å². The van der Waals surface area contributed by atoms with Gasteiger partial charge >= 0.3 is 5.97 Å². The van der Waals surface area contributed by atoms with Crippen LogP contribution in [0.4, 0.5) is 0 Å². The number of hydrogen-bond donors (Lipinski definition) is 2. The fraction of sp³-hybridized carbons (Fsp3) is 0.0500. The number of carbonyl (C=O) groups is 1. The summed E-state index contributed by atoms with van der Waals surface area (Å²) in [6.07, 6.45) is 0. The van der Waals surface area contributed by atoms with Crippen LogP contribution in [0.3, 0.4) is 0 Å². The number of phenolic OH excluding ortho intramolecular Hbond substituents is 2. The Hall–Kier alpha value is -3.27. The molecule has 3 aromatic rings. The molecular weight excluding hydrogens is 304 g/mol. The van der Waals surface area contributed by atoms with Gasteiger partial charge in [-0.2, -0.15) is 0 Å². The standard InChI is InChI=1S/C20H14O4/c21-14-10-11-18(22)17(12-14)20(13-6-2-1-3-7-13)16-9-5-4-8-15(16)19(23)24-20/h1-12,21-22H. The predicted molar refractivity (Wildman–Crippen MR) is 88.0 cm³/mol. The minimum atomic E-state index is -1.29. The summed E-state index contributed by atoms with van der Waals surface area (Å²) >= 11 is 0. The Morgan fingerprint density at radius 2 is 1.50 bits per heavy atom. The van der Waals surface area contributed by atoms with Gasteiger partial charge in [0.05, 0.1) is 11.1 Å². The van der Waals surface area contributed by atoms with E-state index in [2.05, 4.69) is 0 Å². The molecule has 0 amide bonds. The van der Waals surface area contributed by atoms with Crippen molar-refractivity contribution in [1.29, 1.82) is 0 Å². The van der Waals surface area contributed by atoms with E-state index >= 15 is 0 Å². The molecule has 24 heavy (non-hydrogen) atoms. The van der Waals surface area contributed by atoms with E-state index in [-0.39, 0.29) is 11.5 Å². The number of carbonyl (C=O) groups excluding carboxylic acids is 1. The van der Waals surface area contributed by atoms with Crippen molar-refractivity contribution in [2.24, 2.45) is 0 Å². The number of fused-ring (bicyclic) bond motifs is 1. The van der Waals surface area contributed by atoms with E-state index in [1.165, 1.54) is 18.2 Å². The molecule has 0 aliphatic carbocycles. The molecular formula is C20H14O4. The highest BCUT2D eigenvalue weighted by Gasteiger charge is 2.49. The van der Waals surface area contributed by atoms with Crippen molar-refractivity contribution in [3.8, 4) is 11.5 Å². The molecule has 1 heterocycles. The van der Waals surface area contributed by atoms with Gasteiger partial charge in [0, 0.05) is 11.1 Å². The molecule has 2 N–H and O–H groups in total. The molecule has 4 nitrogen and oxygen atoms in total. The second kappa shape index (κ2) is 5.13. The van der Waals surface area contributed by atoms with Crippen LogP contribution in [0, 0.1) is 0 Å². The average molecular weight is 318 g/mol. The summed E-state index contributed by atoms with van der Waals surface area (Å²) in [6, 6.07) is 20.5. The Morgan fingerprint density at radius 1 is 0.792 bits per heavy atom. The lowest BCUT2D eigenvalue weighted by molar-refractivity contribution is 0.0245. The van der Waals surface area contributed by atoms with Gasteiger partial charge in [-0.25, -0.2) is 4.79 Å². The molecule has 1 unspecified atom stereocenters. The monoisotopic (exact) mass is 318 g/mol. The normalized spacial score (nSPS) is 18.9. The van der Waals surface area contributed by atoms with Gasteiger partial charge in [0.2, 0.25) is 0 Å². The first-order valence-corrected chi connectivity index (χ1v) is 7.54. The summed E-state index contributed by atoms with van der Waals surface area (Å²) < 4.78 is 5.82. The number of phenols is 2. The SMILES string of the molecule is O=C1OC(c2ccccc2)(c2cc(O)ccc2O)c2ccccc21. The van der Waals surface area contributed by atoms with E-state index in [9.17, 15) is 15.0 Å². The molecule has 1 aliphatic rings. The number of rotatable bonds is 2. The largest absolute Gasteiger partial charge is 0.508 e. The van der Waals surface area contributed by atoms with Crippen LogP contribution in [0.15, 0.2) is 72.8 Å². The number of esters is 1. The van der Waals surface area contributed by atoms with E-state index in [4.69, 9.17) is 4.74 Å². The zero-order valence-corrected chi connectivity index (χ0v) is 12.6. The molecule has 4 heteroatoms. The maximum absolute atomic E-state index is 12.5. The molecule has 0 radical (unpaired) electrons. The third-order valence-corrected chi connectivity index (χ3v) is 4.31. The molecule has 0 saturated heterocycles. The minimum Gasteiger partial charge on any atom is -0.508 e. The van der Waals surface area contributed by atoms with E-state index in [1.54, 1.807) is 18.2 Å². The highest BCUT2D eigenvalue weighted by Crippen LogP contribution is 2.50. The zero-order valence-electron chi connectivity index (χ0n) is 12.6. The van der Waals surface area contributed by atoms with Gasteiger partial charge in [-0.1, -0.05) is 48.5 Å². The van der Waals surface area contributed by atoms with Crippen molar-refractivity contribution in [1.82, 2.24) is 0 Å². The van der Waals surface area contributed by atoms with Crippen LogP contribution in [0.2, 0.25) is 0 Å². The van der Waals surface area contributed by atoms with Crippen LogP contribution in [0.1, 0.15) is 27.0 Å². The summed E-state index contributed by atoms with van der Waals surface area (Å²) in [4.78, 5) is 12.5. The maximum atomic E-state index is 12.5. The van der Waals surface area contributed by atoms with Gasteiger partial charge in [-0.05, 0) is 24.3 Å². The summed E-state index contributed by atoms with van der Waals surface area (Å²) in [5, 5.41) is 20.4. The molecule has 3 aromatic carbocycles. The Bertz CT molecular complexity index is 933. The summed E-state index contributed by atoms with van der Waals surface area (Å²) in [5.41, 5.74) is 0.819. The first-order chi connectivity index (χ1) is 11.6. The summed E-state index contributed by atoms with van der Waals surface area (Å²) in [5.74, 6) is -0.531. The van der Waals surface area contributed by atoms with Crippen LogP contribution < -0.4 is 0 Å². The van der Waals surface area contributed by atoms with Crippen molar-refractivity contribution in [2.45, 2.75) is 5.60 Å². The highest BCUT2D eigenvalue weighted by atomic mass is 16.6. The first-order valence-electron chi connectivity index (χ1n) is 7.54. The van der Waals surface area contributed by atoms with Crippen molar-refractivity contribution in [2.75, 3.05) is 0 Å². The Balaban J connectivity index is 2.11. The van der Waals surface area contributed by atoms with Crippen LogP contribution in [0.25, 0.3) is 0 Å². The predicted octanol–water partition coefficient (Wildman–Crippen LogP) is 3.56. The van der Waals surface area contributed by atoms with Crippen LogP contribution >= 0.6 is 0 Å². The number of benzene rings is 3. The molecule has 0 spiro atoms. The van der Waals surface area contributed by atoms with E-state index in [0.717, 1.165) is 0 Å². The molecule has 0 aromatic heterocycles. The number of ether oxygens (including phenoxy) is 1. The Kier molecular flexibility index (Phi) is 3.06. The van der Waals surface area contributed by atoms with Crippen LogP contribution in [-0.2, 0) is 10.3 Å². The smallest absolute Gasteiger partial charge is 0.340 e. The second-order valence-corrected chi connectivity index (χ2v) is 5.68. The van der Waals surface area contributed by atoms with E-state index in [0.29, 0.717) is 22.3 Å². The van der Waals surface area contributed by atoms with Gasteiger partial charge < -0.3 is 14.9 Å². The van der Waals surface area contributed by atoms with Crippen molar-refractivity contribution < 1.29 is 19.7 Å². The summed E-state index contributed by atoms with van der Waals surface area (Å²) in [7, 11) is 0.